The van der Waals surface area contributed by atoms with E-state index >= 15 is 0 Å². The summed E-state index contributed by atoms with van der Waals surface area (Å²) in [6.07, 6.45) is 1.80. The van der Waals surface area contributed by atoms with Gasteiger partial charge in [0.2, 0.25) is 6.79 Å². The summed E-state index contributed by atoms with van der Waals surface area (Å²) in [5.74, 6) is 1.32. The van der Waals surface area contributed by atoms with Crippen molar-refractivity contribution in [1.82, 2.24) is 4.90 Å². The third-order valence-corrected chi connectivity index (χ3v) is 4.30. The molecule has 1 aromatic carbocycles. The van der Waals surface area contributed by atoms with Gasteiger partial charge in [-0.05, 0) is 23.8 Å². The summed E-state index contributed by atoms with van der Waals surface area (Å²) in [6.45, 7) is 1.07. The molecular formula is C13H12N2O3S2. The molecule has 1 aromatic rings. The van der Waals surface area contributed by atoms with Gasteiger partial charge in [-0.2, -0.15) is 0 Å². The van der Waals surface area contributed by atoms with Crippen molar-refractivity contribution in [2.45, 2.75) is 0 Å². The zero-order valence-corrected chi connectivity index (χ0v) is 12.1. The van der Waals surface area contributed by atoms with E-state index < -0.39 is 0 Å². The molecule has 0 radical (unpaired) electrons. The fourth-order valence-corrected chi connectivity index (χ4v) is 3.28. The Labute approximate surface area is 125 Å². The Morgan fingerprint density at radius 2 is 2.20 bits per heavy atom. The summed E-state index contributed by atoms with van der Waals surface area (Å²) in [5.41, 5.74) is 6.36. The maximum atomic E-state index is 12.2. The molecule has 1 fully saturated rings. The molecule has 1 amide bonds. The van der Waals surface area contributed by atoms with Crippen molar-refractivity contribution in [3.05, 3.63) is 28.7 Å². The summed E-state index contributed by atoms with van der Waals surface area (Å²) in [7, 11) is 0. The molecule has 0 spiro atoms. The van der Waals surface area contributed by atoms with Crippen LogP contribution in [-0.2, 0) is 4.79 Å². The zero-order chi connectivity index (χ0) is 14.1. The number of ether oxygens (including phenoxy) is 2. The van der Waals surface area contributed by atoms with Crippen molar-refractivity contribution in [3.63, 3.8) is 0 Å². The van der Waals surface area contributed by atoms with Crippen LogP contribution in [0.25, 0.3) is 6.08 Å². The van der Waals surface area contributed by atoms with Gasteiger partial charge in [0.25, 0.3) is 5.91 Å². The molecule has 104 valence electrons. The molecule has 3 rings (SSSR count). The van der Waals surface area contributed by atoms with Crippen molar-refractivity contribution in [2.24, 2.45) is 5.73 Å². The van der Waals surface area contributed by atoms with Crippen LogP contribution in [0.2, 0.25) is 0 Å². The van der Waals surface area contributed by atoms with Crippen LogP contribution in [0.4, 0.5) is 0 Å². The lowest BCUT2D eigenvalue weighted by molar-refractivity contribution is -0.122. The first-order chi connectivity index (χ1) is 9.69. The summed E-state index contributed by atoms with van der Waals surface area (Å²) < 4.78 is 11.1. The average Bonchev–Trinajstić information content (AvgIpc) is 2.99. The minimum absolute atomic E-state index is 0.0943. The molecule has 7 heteroatoms. The molecule has 0 atom stereocenters. The van der Waals surface area contributed by atoms with E-state index in [0.29, 0.717) is 28.1 Å². The Morgan fingerprint density at radius 1 is 1.40 bits per heavy atom. The van der Waals surface area contributed by atoms with E-state index in [1.807, 2.05) is 18.2 Å². The van der Waals surface area contributed by atoms with Crippen LogP contribution >= 0.6 is 24.0 Å². The van der Waals surface area contributed by atoms with Gasteiger partial charge in [-0.15, -0.1) is 0 Å². The standard InChI is InChI=1S/C13H12N2O3S2/c14-3-4-15-12(16)11(20-13(15)19)6-8-1-2-9-10(5-8)18-7-17-9/h1-2,5-6H,3-4,7,14H2. The molecule has 0 aromatic heterocycles. The number of carbonyl (C=O) groups excluding carboxylic acids is 1. The van der Waals surface area contributed by atoms with Crippen LogP contribution < -0.4 is 15.2 Å². The Kier molecular flexibility index (Phi) is 3.64. The maximum Gasteiger partial charge on any atom is 0.266 e. The summed E-state index contributed by atoms with van der Waals surface area (Å²) in [4.78, 5) is 14.3. The lowest BCUT2D eigenvalue weighted by Gasteiger charge is -2.11. The van der Waals surface area contributed by atoms with Gasteiger partial charge in [0, 0.05) is 13.1 Å². The highest BCUT2D eigenvalue weighted by molar-refractivity contribution is 8.26. The van der Waals surface area contributed by atoms with E-state index in [4.69, 9.17) is 27.4 Å². The topological polar surface area (TPSA) is 64.8 Å². The van der Waals surface area contributed by atoms with Gasteiger partial charge >= 0.3 is 0 Å². The van der Waals surface area contributed by atoms with Crippen LogP contribution in [0.15, 0.2) is 23.1 Å². The monoisotopic (exact) mass is 308 g/mol. The minimum atomic E-state index is -0.0943. The average molecular weight is 308 g/mol. The number of fused-ring (bicyclic) bond motifs is 1. The molecule has 0 bridgehead atoms. The van der Waals surface area contributed by atoms with E-state index in [2.05, 4.69) is 0 Å². The number of rotatable bonds is 3. The molecule has 2 aliphatic heterocycles. The van der Waals surface area contributed by atoms with Crippen LogP contribution in [0.3, 0.4) is 0 Å². The summed E-state index contributed by atoms with van der Waals surface area (Å²) >= 11 is 6.47. The molecule has 0 saturated carbocycles. The molecule has 2 heterocycles. The number of amides is 1. The Balaban J connectivity index is 1.86. The third-order valence-electron chi connectivity index (χ3n) is 2.92. The van der Waals surface area contributed by atoms with Gasteiger partial charge in [0.15, 0.2) is 11.5 Å². The molecule has 0 unspecified atom stereocenters. The van der Waals surface area contributed by atoms with Crippen molar-refractivity contribution in [2.75, 3.05) is 19.9 Å². The van der Waals surface area contributed by atoms with Gasteiger partial charge in [0.05, 0.1) is 4.91 Å². The molecule has 5 nitrogen and oxygen atoms in total. The molecule has 2 N–H and O–H groups in total. The first kappa shape index (κ1) is 13.4. The van der Waals surface area contributed by atoms with Crippen LogP contribution in [-0.4, -0.2) is 35.0 Å². The highest BCUT2D eigenvalue weighted by Gasteiger charge is 2.31. The Bertz CT molecular complexity index is 616. The fraction of sp³-hybridized carbons (Fsp3) is 0.231. The first-order valence-corrected chi connectivity index (χ1v) is 7.26. The van der Waals surface area contributed by atoms with Gasteiger partial charge in [0.1, 0.15) is 4.32 Å². The van der Waals surface area contributed by atoms with Crippen LogP contribution in [0, 0.1) is 0 Å². The highest BCUT2D eigenvalue weighted by Crippen LogP contribution is 2.36. The number of thiocarbonyl (C=S) groups is 1. The third kappa shape index (κ3) is 2.39. The molecule has 1 saturated heterocycles. The molecular weight excluding hydrogens is 296 g/mol. The molecule has 0 aliphatic carbocycles. The van der Waals surface area contributed by atoms with Crippen LogP contribution in [0.5, 0.6) is 11.5 Å². The van der Waals surface area contributed by atoms with Crippen molar-refractivity contribution >= 4 is 40.3 Å². The number of benzene rings is 1. The smallest absolute Gasteiger partial charge is 0.266 e. The maximum absolute atomic E-state index is 12.2. The van der Waals surface area contributed by atoms with Crippen molar-refractivity contribution in [3.8, 4) is 11.5 Å². The number of nitrogens with two attached hydrogens (primary N) is 1. The predicted octanol–water partition coefficient (Wildman–Crippen LogP) is 1.58. The SMILES string of the molecule is NCCN1C(=O)C(=Cc2ccc3c(c2)OCO3)SC1=S. The van der Waals surface area contributed by atoms with E-state index in [0.717, 1.165) is 11.3 Å². The zero-order valence-electron chi connectivity index (χ0n) is 10.5. The lowest BCUT2D eigenvalue weighted by Crippen LogP contribution is -2.32. The van der Waals surface area contributed by atoms with Gasteiger partial charge < -0.3 is 15.2 Å². The molecule has 20 heavy (non-hydrogen) atoms. The molecule has 2 aliphatic rings. The number of carbonyl (C=O) groups is 1. The summed E-state index contributed by atoms with van der Waals surface area (Å²) in [5, 5.41) is 0. The first-order valence-electron chi connectivity index (χ1n) is 6.04. The lowest BCUT2D eigenvalue weighted by atomic mass is 10.2. The van der Waals surface area contributed by atoms with Crippen LogP contribution in [0.1, 0.15) is 5.56 Å². The van der Waals surface area contributed by atoms with E-state index in [1.54, 1.807) is 6.08 Å². The normalized spacial score (nSPS) is 19.2. The second-order valence-electron chi connectivity index (χ2n) is 4.23. The number of nitrogens with zero attached hydrogens (tertiary/aromatic N) is 1. The second-order valence-corrected chi connectivity index (χ2v) is 5.91. The van der Waals surface area contributed by atoms with E-state index in [-0.39, 0.29) is 12.7 Å². The van der Waals surface area contributed by atoms with Crippen molar-refractivity contribution < 1.29 is 14.3 Å². The van der Waals surface area contributed by atoms with Gasteiger partial charge in [-0.1, -0.05) is 30.0 Å². The Hall–Kier alpha value is -1.57. The number of hydrogen-bond donors (Lipinski definition) is 1. The number of thioether (sulfide) groups is 1. The number of hydrogen-bond acceptors (Lipinski definition) is 6. The largest absolute Gasteiger partial charge is 0.454 e. The summed E-state index contributed by atoms with van der Waals surface area (Å²) in [6, 6.07) is 5.55. The van der Waals surface area contributed by atoms with Gasteiger partial charge in [-0.25, -0.2) is 0 Å². The quantitative estimate of drug-likeness (QED) is 0.675. The predicted molar refractivity (Wildman–Crippen MR) is 81.5 cm³/mol. The van der Waals surface area contributed by atoms with E-state index in [9.17, 15) is 4.79 Å². The minimum Gasteiger partial charge on any atom is -0.454 e. The second kappa shape index (κ2) is 5.43. The highest BCUT2D eigenvalue weighted by atomic mass is 32.2. The van der Waals surface area contributed by atoms with Crippen molar-refractivity contribution in [1.29, 1.82) is 0 Å². The van der Waals surface area contributed by atoms with Gasteiger partial charge in [-0.3, -0.25) is 9.69 Å². The van der Waals surface area contributed by atoms with E-state index in [1.165, 1.54) is 16.7 Å². The Morgan fingerprint density at radius 3 is 3.00 bits per heavy atom. The fourth-order valence-electron chi connectivity index (χ4n) is 1.98.